The summed E-state index contributed by atoms with van der Waals surface area (Å²) in [7, 11) is 1.64. The number of rotatable bonds is 2. The molecule has 0 amide bonds. The van der Waals surface area contributed by atoms with E-state index >= 15 is 0 Å². The number of aromatic hydroxyl groups is 1. The molecule has 0 heterocycles. The molecule has 1 saturated carbocycles. The van der Waals surface area contributed by atoms with Crippen LogP contribution in [0, 0.1) is 0 Å². The molecule has 0 bridgehead atoms. The molecule has 1 aliphatic carbocycles. The molecular weight excluding hydrogens is 292 g/mol. The molecule has 98 valence electrons. The van der Waals surface area contributed by atoms with Gasteiger partial charge in [-0.25, -0.2) is 0 Å². The molecule has 1 fully saturated rings. The van der Waals surface area contributed by atoms with Crippen LogP contribution in [0.4, 0.5) is 0 Å². The van der Waals surface area contributed by atoms with Crippen molar-refractivity contribution in [1.29, 1.82) is 0 Å². The number of halogens is 1. The number of allylic oxidation sites excluding steroid dienone is 1. The van der Waals surface area contributed by atoms with E-state index < -0.39 is 0 Å². The first-order valence-corrected chi connectivity index (χ1v) is 7.03. The van der Waals surface area contributed by atoms with Crippen LogP contribution in [-0.2, 0) is 5.41 Å². The molecule has 0 spiro atoms. The minimum Gasteiger partial charge on any atom is -0.508 e. The standard InChI is InChI=1S/C15H19BrO2/c1-10-6-4-5-7-15(10,2)11-8-14(18-3)12(16)9-13(11)17/h8-9,17H,1,4-7H2,2-3H3. The Morgan fingerprint density at radius 1 is 1.39 bits per heavy atom. The van der Waals surface area contributed by atoms with Crippen molar-refractivity contribution in [2.45, 2.75) is 38.0 Å². The van der Waals surface area contributed by atoms with Gasteiger partial charge in [-0.15, -0.1) is 0 Å². The first-order chi connectivity index (χ1) is 8.49. The van der Waals surface area contributed by atoms with Gasteiger partial charge in [0.05, 0.1) is 11.6 Å². The fraction of sp³-hybridized carbons (Fsp3) is 0.467. The van der Waals surface area contributed by atoms with E-state index in [9.17, 15) is 5.11 Å². The second-order valence-electron chi connectivity index (χ2n) is 5.15. The molecule has 0 aromatic heterocycles. The molecule has 1 N–H and O–H groups in total. The third-order valence-electron chi connectivity index (χ3n) is 4.05. The monoisotopic (exact) mass is 310 g/mol. The Morgan fingerprint density at radius 3 is 2.72 bits per heavy atom. The first kappa shape index (κ1) is 13.5. The van der Waals surface area contributed by atoms with E-state index in [0.717, 1.165) is 28.6 Å². The summed E-state index contributed by atoms with van der Waals surface area (Å²) in [4.78, 5) is 0. The molecule has 2 nitrogen and oxygen atoms in total. The van der Waals surface area contributed by atoms with E-state index in [1.54, 1.807) is 13.2 Å². The van der Waals surface area contributed by atoms with Crippen molar-refractivity contribution in [1.82, 2.24) is 0 Å². The molecular formula is C15H19BrO2. The Labute approximate surface area is 117 Å². The van der Waals surface area contributed by atoms with Gasteiger partial charge in [-0.3, -0.25) is 0 Å². The highest BCUT2D eigenvalue weighted by Gasteiger charge is 2.34. The predicted molar refractivity (Wildman–Crippen MR) is 77.3 cm³/mol. The molecule has 1 aromatic rings. The molecule has 3 heteroatoms. The number of phenols is 1. The van der Waals surface area contributed by atoms with Crippen LogP contribution in [0.2, 0.25) is 0 Å². The van der Waals surface area contributed by atoms with Crippen molar-refractivity contribution in [3.63, 3.8) is 0 Å². The molecule has 1 atom stereocenters. The summed E-state index contributed by atoms with van der Waals surface area (Å²) in [6, 6.07) is 3.64. The molecule has 0 radical (unpaired) electrons. The van der Waals surface area contributed by atoms with E-state index in [2.05, 4.69) is 29.4 Å². The number of ether oxygens (including phenoxy) is 1. The lowest BCUT2D eigenvalue weighted by atomic mass is 9.68. The van der Waals surface area contributed by atoms with Crippen molar-refractivity contribution in [3.05, 3.63) is 34.3 Å². The molecule has 18 heavy (non-hydrogen) atoms. The summed E-state index contributed by atoms with van der Waals surface area (Å²) in [5, 5.41) is 10.2. The summed E-state index contributed by atoms with van der Waals surface area (Å²) in [6.45, 7) is 6.36. The first-order valence-electron chi connectivity index (χ1n) is 6.24. The highest BCUT2D eigenvalue weighted by molar-refractivity contribution is 9.10. The zero-order valence-electron chi connectivity index (χ0n) is 10.9. The average Bonchev–Trinajstić information content (AvgIpc) is 2.33. The van der Waals surface area contributed by atoms with E-state index in [1.807, 2.05) is 6.07 Å². The summed E-state index contributed by atoms with van der Waals surface area (Å²) in [5.74, 6) is 1.07. The maximum Gasteiger partial charge on any atom is 0.133 e. The van der Waals surface area contributed by atoms with Crippen LogP contribution in [0.5, 0.6) is 11.5 Å². The van der Waals surface area contributed by atoms with E-state index in [1.165, 1.54) is 18.4 Å². The Balaban J connectivity index is 2.52. The topological polar surface area (TPSA) is 29.5 Å². The molecule has 1 aliphatic rings. The van der Waals surface area contributed by atoms with Gasteiger partial charge in [0, 0.05) is 11.0 Å². The summed E-state index contributed by atoms with van der Waals surface area (Å²) in [5.41, 5.74) is 1.98. The molecule has 1 unspecified atom stereocenters. The summed E-state index contributed by atoms with van der Waals surface area (Å²) >= 11 is 3.39. The highest BCUT2D eigenvalue weighted by Crippen LogP contribution is 2.47. The predicted octanol–water partition coefficient (Wildman–Crippen LogP) is 4.55. The largest absolute Gasteiger partial charge is 0.508 e. The number of benzene rings is 1. The quantitative estimate of drug-likeness (QED) is 0.812. The number of hydrogen-bond donors (Lipinski definition) is 1. The number of hydrogen-bond acceptors (Lipinski definition) is 2. The highest BCUT2D eigenvalue weighted by atomic mass is 79.9. The zero-order valence-corrected chi connectivity index (χ0v) is 12.5. The molecule has 0 saturated heterocycles. The van der Waals surface area contributed by atoms with Gasteiger partial charge in [0.1, 0.15) is 11.5 Å². The lowest BCUT2D eigenvalue weighted by Gasteiger charge is -2.37. The minimum absolute atomic E-state index is 0.143. The van der Waals surface area contributed by atoms with Crippen LogP contribution < -0.4 is 4.74 Å². The van der Waals surface area contributed by atoms with Crippen LogP contribution in [0.15, 0.2) is 28.8 Å². The smallest absolute Gasteiger partial charge is 0.133 e. The zero-order chi connectivity index (χ0) is 13.3. The van der Waals surface area contributed by atoms with Crippen LogP contribution in [-0.4, -0.2) is 12.2 Å². The van der Waals surface area contributed by atoms with Crippen molar-refractivity contribution in [2.24, 2.45) is 0 Å². The SMILES string of the molecule is C=C1CCCCC1(C)c1cc(OC)c(Br)cc1O. The van der Waals surface area contributed by atoms with Crippen LogP contribution in [0.3, 0.4) is 0 Å². The van der Waals surface area contributed by atoms with Gasteiger partial charge in [0.25, 0.3) is 0 Å². The van der Waals surface area contributed by atoms with Crippen molar-refractivity contribution < 1.29 is 9.84 Å². The summed E-state index contributed by atoms with van der Waals surface area (Å²) in [6.07, 6.45) is 4.44. The van der Waals surface area contributed by atoms with Crippen molar-refractivity contribution in [2.75, 3.05) is 7.11 Å². The van der Waals surface area contributed by atoms with Crippen LogP contribution in [0.25, 0.3) is 0 Å². The van der Waals surface area contributed by atoms with Crippen LogP contribution >= 0.6 is 15.9 Å². The lowest BCUT2D eigenvalue weighted by Crippen LogP contribution is -2.27. The van der Waals surface area contributed by atoms with E-state index in [4.69, 9.17) is 4.74 Å². The fourth-order valence-electron chi connectivity index (χ4n) is 2.74. The second-order valence-corrected chi connectivity index (χ2v) is 6.00. The normalized spacial score (nSPS) is 24.1. The van der Waals surface area contributed by atoms with E-state index in [-0.39, 0.29) is 5.41 Å². The minimum atomic E-state index is -0.143. The van der Waals surface area contributed by atoms with Gasteiger partial charge >= 0.3 is 0 Å². The Morgan fingerprint density at radius 2 is 2.11 bits per heavy atom. The molecule has 0 aliphatic heterocycles. The fourth-order valence-corrected chi connectivity index (χ4v) is 3.23. The third-order valence-corrected chi connectivity index (χ3v) is 4.67. The lowest BCUT2D eigenvalue weighted by molar-refractivity contribution is 0.378. The Kier molecular flexibility index (Phi) is 3.71. The third kappa shape index (κ3) is 2.16. The molecule has 2 rings (SSSR count). The molecule has 1 aromatic carbocycles. The van der Waals surface area contributed by atoms with Gasteiger partial charge in [0.2, 0.25) is 0 Å². The van der Waals surface area contributed by atoms with Crippen LogP contribution in [0.1, 0.15) is 38.2 Å². The van der Waals surface area contributed by atoms with Gasteiger partial charge in [-0.1, -0.05) is 25.5 Å². The Hall–Kier alpha value is -0.960. The average molecular weight is 311 g/mol. The van der Waals surface area contributed by atoms with Gasteiger partial charge < -0.3 is 9.84 Å². The number of phenolic OH excluding ortho intramolecular Hbond substituents is 1. The van der Waals surface area contributed by atoms with Gasteiger partial charge in [-0.05, 0) is 47.3 Å². The number of methoxy groups -OCH3 is 1. The second kappa shape index (κ2) is 4.96. The maximum atomic E-state index is 10.2. The summed E-state index contributed by atoms with van der Waals surface area (Å²) < 4.78 is 6.10. The van der Waals surface area contributed by atoms with Crippen molar-refractivity contribution in [3.8, 4) is 11.5 Å². The maximum absolute atomic E-state index is 10.2. The van der Waals surface area contributed by atoms with E-state index in [0.29, 0.717) is 5.75 Å². The van der Waals surface area contributed by atoms with Crippen molar-refractivity contribution >= 4 is 15.9 Å². The van der Waals surface area contributed by atoms with Gasteiger partial charge in [0.15, 0.2) is 0 Å². The van der Waals surface area contributed by atoms with Gasteiger partial charge in [-0.2, -0.15) is 0 Å². The Bertz CT molecular complexity index is 482.